The number of amides is 3. The predicted octanol–water partition coefficient (Wildman–Crippen LogP) is 0.838. The summed E-state index contributed by atoms with van der Waals surface area (Å²) < 4.78 is 0. The van der Waals surface area contributed by atoms with Crippen molar-refractivity contribution in [3.05, 3.63) is 17.2 Å². The molecule has 2 bridgehead atoms. The van der Waals surface area contributed by atoms with Crippen LogP contribution < -0.4 is 5.32 Å². The number of carbonyl (C=O) groups is 3. The molecule has 7 nitrogen and oxygen atoms in total. The Morgan fingerprint density at radius 2 is 1.83 bits per heavy atom. The van der Waals surface area contributed by atoms with E-state index in [-0.39, 0.29) is 42.0 Å². The number of rotatable bonds is 3. The fourth-order valence-corrected chi connectivity index (χ4v) is 5.43. The molecule has 24 heavy (non-hydrogen) atoms. The second kappa shape index (κ2) is 4.72. The van der Waals surface area contributed by atoms with Gasteiger partial charge in [-0.1, -0.05) is 23.5 Å². The Labute approximate surface area is 142 Å². The summed E-state index contributed by atoms with van der Waals surface area (Å²) in [6, 6.07) is 0. The molecule has 124 valence electrons. The van der Waals surface area contributed by atoms with Gasteiger partial charge in [0.15, 0.2) is 0 Å². The highest BCUT2D eigenvalue weighted by Gasteiger charge is 2.67. The standard InChI is InChI=1S/C16H16N4O3S/c1-6-18-19-16(24-6)17-11(21)5-20-14(22)12-7-2-3-8(10-4-9(7)10)13(12)15(20)23/h2-3,7-10,12-13H,4-5H2,1H3,(H,17,19,21)/t7-,8-,9-,10+,12+,13+/m0/s1. The van der Waals surface area contributed by atoms with Gasteiger partial charge in [0.25, 0.3) is 0 Å². The monoisotopic (exact) mass is 344 g/mol. The van der Waals surface area contributed by atoms with E-state index >= 15 is 0 Å². The van der Waals surface area contributed by atoms with E-state index < -0.39 is 5.91 Å². The smallest absolute Gasteiger partial charge is 0.246 e. The summed E-state index contributed by atoms with van der Waals surface area (Å²) in [4.78, 5) is 38.9. The number of nitrogens with one attached hydrogen (secondary N) is 1. The van der Waals surface area contributed by atoms with Crippen molar-refractivity contribution in [1.82, 2.24) is 15.1 Å². The molecule has 3 amide bonds. The molecule has 1 aliphatic heterocycles. The molecule has 2 saturated carbocycles. The van der Waals surface area contributed by atoms with E-state index in [1.54, 1.807) is 6.92 Å². The van der Waals surface area contributed by atoms with Gasteiger partial charge in [0.2, 0.25) is 22.9 Å². The Kier molecular flexibility index (Phi) is 2.81. The first-order valence-corrected chi connectivity index (χ1v) is 9.00. The highest BCUT2D eigenvalue weighted by Crippen LogP contribution is 2.65. The number of hydrogen-bond donors (Lipinski definition) is 1. The van der Waals surface area contributed by atoms with Gasteiger partial charge in [-0.2, -0.15) is 0 Å². The average molecular weight is 344 g/mol. The second-order valence-corrected chi connectivity index (χ2v) is 8.27. The van der Waals surface area contributed by atoms with E-state index in [1.165, 1.54) is 11.3 Å². The first-order valence-electron chi connectivity index (χ1n) is 8.18. The van der Waals surface area contributed by atoms with Crippen molar-refractivity contribution in [2.24, 2.45) is 35.5 Å². The van der Waals surface area contributed by atoms with Gasteiger partial charge in [-0.25, -0.2) is 0 Å². The third-order valence-corrected chi connectivity index (χ3v) is 6.58. The molecule has 1 aromatic heterocycles. The van der Waals surface area contributed by atoms with Crippen molar-refractivity contribution < 1.29 is 14.4 Å². The average Bonchev–Trinajstić information content (AvgIpc) is 3.24. The van der Waals surface area contributed by atoms with Crippen LogP contribution >= 0.6 is 11.3 Å². The Balaban J connectivity index is 1.34. The SMILES string of the molecule is Cc1nnc(NC(=O)CN2C(=O)[C@@H]3[C@H]4C=C[C@@H]([C@@H]5C[C@H]45)[C@H]3C2=O)s1. The molecule has 8 heteroatoms. The van der Waals surface area contributed by atoms with Gasteiger partial charge in [0.1, 0.15) is 11.6 Å². The minimum atomic E-state index is -0.406. The summed E-state index contributed by atoms with van der Waals surface area (Å²) in [6.45, 7) is 1.55. The van der Waals surface area contributed by atoms with Gasteiger partial charge in [0, 0.05) is 0 Å². The molecule has 4 aliphatic carbocycles. The molecule has 0 unspecified atom stereocenters. The molecule has 2 heterocycles. The molecule has 1 N–H and O–H groups in total. The second-order valence-electron chi connectivity index (χ2n) is 7.09. The fraction of sp³-hybridized carbons (Fsp3) is 0.562. The molecule has 0 aromatic carbocycles. The lowest BCUT2D eigenvalue weighted by atomic mass is 9.63. The first kappa shape index (κ1) is 14.3. The third-order valence-electron chi connectivity index (χ3n) is 5.83. The molecule has 5 aliphatic rings. The molecule has 3 fully saturated rings. The zero-order valence-electron chi connectivity index (χ0n) is 13.0. The number of nitrogens with zero attached hydrogens (tertiary/aromatic N) is 3. The summed E-state index contributed by atoms with van der Waals surface area (Å²) in [5, 5.41) is 11.4. The maximum atomic E-state index is 12.8. The van der Waals surface area contributed by atoms with Crippen molar-refractivity contribution in [2.75, 3.05) is 11.9 Å². The summed E-state index contributed by atoms with van der Waals surface area (Å²) >= 11 is 1.26. The first-order chi connectivity index (χ1) is 11.5. The summed E-state index contributed by atoms with van der Waals surface area (Å²) in [5.41, 5.74) is 0. The van der Waals surface area contributed by atoms with E-state index in [0.717, 1.165) is 16.3 Å². The van der Waals surface area contributed by atoms with Crippen LogP contribution in [0, 0.1) is 42.4 Å². The zero-order chi connectivity index (χ0) is 16.6. The van der Waals surface area contributed by atoms with Crippen LogP contribution in [-0.4, -0.2) is 39.4 Å². The van der Waals surface area contributed by atoms with Gasteiger partial charge in [-0.15, -0.1) is 10.2 Å². The number of hydrogen-bond acceptors (Lipinski definition) is 6. The Morgan fingerprint density at radius 1 is 1.21 bits per heavy atom. The van der Waals surface area contributed by atoms with Gasteiger partial charge in [0.05, 0.1) is 11.8 Å². The zero-order valence-corrected chi connectivity index (χ0v) is 13.8. The molecule has 1 saturated heterocycles. The number of anilines is 1. The van der Waals surface area contributed by atoms with Crippen LogP contribution in [0.15, 0.2) is 12.2 Å². The largest absolute Gasteiger partial charge is 0.299 e. The number of aromatic nitrogens is 2. The van der Waals surface area contributed by atoms with Crippen LogP contribution in [0.2, 0.25) is 0 Å². The quantitative estimate of drug-likeness (QED) is 0.648. The molecule has 0 spiro atoms. The van der Waals surface area contributed by atoms with Gasteiger partial charge in [-0.3, -0.25) is 24.6 Å². The number of allylic oxidation sites excluding steroid dienone is 2. The third kappa shape index (κ3) is 1.86. The van der Waals surface area contributed by atoms with Crippen LogP contribution in [0.1, 0.15) is 11.4 Å². The van der Waals surface area contributed by atoms with Crippen LogP contribution in [0.4, 0.5) is 5.13 Å². The molecular weight excluding hydrogens is 328 g/mol. The van der Waals surface area contributed by atoms with Crippen LogP contribution in [0.5, 0.6) is 0 Å². The normalized spacial score (nSPS) is 38.3. The van der Waals surface area contributed by atoms with Crippen LogP contribution in [-0.2, 0) is 14.4 Å². The van der Waals surface area contributed by atoms with Gasteiger partial charge < -0.3 is 0 Å². The van der Waals surface area contributed by atoms with E-state index in [9.17, 15) is 14.4 Å². The van der Waals surface area contributed by atoms with Gasteiger partial charge in [-0.05, 0) is 37.0 Å². The van der Waals surface area contributed by atoms with E-state index in [2.05, 4.69) is 27.7 Å². The van der Waals surface area contributed by atoms with Crippen molar-refractivity contribution in [1.29, 1.82) is 0 Å². The van der Waals surface area contributed by atoms with Crippen LogP contribution in [0.25, 0.3) is 0 Å². The molecule has 0 radical (unpaired) electrons. The highest BCUT2D eigenvalue weighted by molar-refractivity contribution is 7.15. The summed E-state index contributed by atoms with van der Waals surface area (Å²) in [5.74, 6) is 0.210. The van der Waals surface area contributed by atoms with Crippen molar-refractivity contribution >= 4 is 34.2 Å². The molecule has 6 rings (SSSR count). The van der Waals surface area contributed by atoms with Crippen molar-refractivity contribution in [3.8, 4) is 0 Å². The maximum Gasteiger partial charge on any atom is 0.246 e. The van der Waals surface area contributed by atoms with E-state index in [0.29, 0.717) is 17.0 Å². The number of imide groups is 1. The van der Waals surface area contributed by atoms with Crippen molar-refractivity contribution in [3.63, 3.8) is 0 Å². The lowest BCUT2D eigenvalue weighted by molar-refractivity contribution is -0.142. The Hall–Kier alpha value is -2.09. The number of aryl methyl sites for hydroxylation is 1. The van der Waals surface area contributed by atoms with Crippen molar-refractivity contribution in [2.45, 2.75) is 13.3 Å². The number of carbonyl (C=O) groups excluding carboxylic acids is 3. The van der Waals surface area contributed by atoms with E-state index in [1.807, 2.05) is 0 Å². The lowest BCUT2D eigenvalue weighted by Gasteiger charge is -2.37. The highest BCUT2D eigenvalue weighted by atomic mass is 32.1. The van der Waals surface area contributed by atoms with E-state index in [4.69, 9.17) is 0 Å². The topological polar surface area (TPSA) is 92.3 Å². The summed E-state index contributed by atoms with van der Waals surface area (Å²) in [7, 11) is 0. The predicted molar refractivity (Wildman–Crippen MR) is 84.7 cm³/mol. The maximum absolute atomic E-state index is 12.8. The van der Waals surface area contributed by atoms with Crippen LogP contribution in [0.3, 0.4) is 0 Å². The molecular formula is C16H16N4O3S. The molecule has 1 aromatic rings. The Bertz CT molecular complexity index is 767. The summed E-state index contributed by atoms with van der Waals surface area (Å²) in [6.07, 6.45) is 5.38. The fourth-order valence-electron chi connectivity index (χ4n) is 4.82. The minimum Gasteiger partial charge on any atom is -0.299 e. The minimum absolute atomic E-state index is 0.181. The van der Waals surface area contributed by atoms with Gasteiger partial charge >= 0.3 is 0 Å². The number of likely N-dealkylation sites (tertiary alicyclic amines) is 1. The molecule has 6 atom stereocenters. The lowest BCUT2D eigenvalue weighted by Crippen LogP contribution is -2.40. The Morgan fingerprint density at radius 3 is 2.38 bits per heavy atom.